The molecule has 0 N–H and O–H groups in total. The largest absolute Gasteiger partial charge is 0.474 e. The average molecular weight is 303 g/mol. The first-order chi connectivity index (χ1) is 10.6. The maximum Gasteiger partial charge on any atom is 0.213 e. The molecule has 1 aliphatic rings. The molecule has 4 heteroatoms. The zero-order chi connectivity index (χ0) is 15.9. The molecule has 0 aromatic carbocycles. The lowest BCUT2D eigenvalue weighted by atomic mass is 9.86. The molecule has 2 rings (SSSR count). The van der Waals surface area contributed by atoms with Crippen LogP contribution in [0.15, 0.2) is 17.1 Å². The molecule has 0 atom stereocenters. The first-order valence-electron chi connectivity index (χ1n) is 8.51. The van der Waals surface area contributed by atoms with Gasteiger partial charge in [-0.15, -0.1) is 0 Å². The molecule has 0 radical (unpaired) electrons. The van der Waals surface area contributed by atoms with Gasteiger partial charge in [0.2, 0.25) is 5.88 Å². The Morgan fingerprint density at radius 3 is 2.59 bits per heavy atom. The topological polar surface area (TPSA) is 37.7 Å². The van der Waals surface area contributed by atoms with Gasteiger partial charge in [-0.25, -0.2) is 9.98 Å². The summed E-state index contributed by atoms with van der Waals surface area (Å²) in [6.45, 7) is 7.31. The maximum absolute atomic E-state index is 6.06. The number of hydrogen-bond donors (Lipinski definition) is 0. The highest BCUT2D eigenvalue weighted by Gasteiger charge is 2.21. The van der Waals surface area contributed by atoms with Gasteiger partial charge in [0, 0.05) is 19.7 Å². The quantitative estimate of drug-likeness (QED) is 0.579. The third-order valence-electron chi connectivity index (χ3n) is 4.58. The van der Waals surface area contributed by atoms with Crippen LogP contribution in [0, 0.1) is 12.8 Å². The Kier molecular flexibility index (Phi) is 6.22. The van der Waals surface area contributed by atoms with E-state index in [0.29, 0.717) is 6.10 Å². The van der Waals surface area contributed by atoms with E-state index < -0.39 is 0 Å². The van der Waals surface area contributed by atoms with Gasteiger partial charge in [0.15, 0.2) is 0 Å². The molecule has 1 aliphatic carbocycles. The number of nitrogens with zero attached hydrogens (tertiary/aromatic N) is 3. The zero-order valence-corrected chi connectivity index (χ0v) is 14.4. The second-order valence-electron chi connectivity index (χ2n) is 6.24. The van der Waals surface area contributed by atoms with Crippen molar-refractivity contribution in [1.82, 2.24) is 9.88 Å². The van der Waals surface area contributed by atoms with Crippen LogP contribution in [0.25, 0.3) is 0 Å². The van der Waals surface area contributed by atoms with E-state index in [-0.39, 0.29) is 0 Å². The van der Waals surface area contributed by atoms with Crippen LogP contribution in [-0.2, 0) is 0 Å². The fraction of sp³-hybridized carbons (Fsp3) is 0.667. The molecule has 1 fully saturated rings. The van der Waals surface area contributed by atoms with Gasteiger partial charge in [0.25, 0.3) is 0 Å². The van der Waals surface area contributed by atoms with Crippen LogP contribution < -0.4 is 4.74 Å². The van der Waals surface area contributed by atoms with Gasteiger partial charge in [0.1, 0.15) is 6.10 Å². The van der Waals surface area contributed by atoms with E-state index in [1.54, 1.807) is 0 Å². The van der Waals surface area contributed by atoms with E-state index in [1.807, 2.05) is 37.3 Å². The lowest BCUT2D eigenvalue weighted by Gasteiger charge is -2.28. The highest BCUT2D eigenvalue weighted by Crippen LogP contribution is 2.29. The second-order valence-corrected chi connectivity index (χ2v) is 6.24. The number of ether oxygens (including phenoxy) is 1. The Hall–Kier alpha value is -1.58. The Morgan fingerprint density at radius 2 is 2.00 bits per heavy atom. The van der Waals surface area contributed by atoms with Crippen LogP contribution in [0.2, 0.25) is 0 Å². The highest BCUT2D eigenvalue weighted by molar-refractivity contribution is 5.62. The van der Waals surface area contributed by atoms with E-state index in [2.05, 4.69) is 23.8 Å². The van der Waals surface area contributed by atoms with Crippen LogP contribution in [-0.4, -0.2) is 35.9 Å². The number of pyridine rings is 1. The normalized spacial score (nSPS) is 22.0. The summed E-state index contributed by atoms with van der Waals surface area (Å²) in [6, 6.07) is 3.94. The van der Waals surface area contributed by atoms with Crippen molar-refractivity contribution in [3.8, 4) is 5.88 Å². The lowest BCUT2D eigenvalue weighted by molar-refractivity contribution is 0.124. The molecule has 1 aromatic heterocycles. The minimum atomic E-state index is 0.329. The van der Waals surface area contributed by atoms with Crippen LogP contribution >= 0.6 is 0 Å². The summed E-state index contributed by atoms with van der Waals surface area (Å²) in [6.07, 6.45) is 8.34. The molecule has 0 saturated heterocycles. The standard InChI is InChI=1S/C18H29N3O/c1-5-15-7-9-16(10-8-15)22-18-12-11-17(14(3)20-18)19-13-21(4)6-2/h11-13,15-16H,5-10H2,1-4H3/b19-13+/t15-,16-. The van der Waals surface area contributed by atoms with E-state index in [1.165, 1.54) is 19.3 Å². The smallest absolute Gasteiger partial charge is 0.213 e. The molecule has 0 bridgehead atoms. The number of aryl methyl sites for hydroxylation is 1. The van der Waals surface area contributed by atoms with Crippen LogP contribution in [0.1, 0.15) is 51.6 Å². The monoisotopic (exact) mass is 303 g/mol. The Morgan fingerprint density at radius 1 is 1.27 bits per heavy atom. The van der Waals surface area contributed by atoms with Crippen molar-refractivity contribution >= 4 is 12.0 Å². The number of aliphatic imine (C=N–C) groups is 1. The molecule has 0 unspecified atom stereocenters. The van der Waals surface area contributed by atoms with Gasteiger partial charge in [0.05, 0.1) is 17.7 Å². The van der Waals surface area contributed by atoms with Gasteiger partial charge < -0.3 is 9.64 Å². The summed E-state index contributed by atoms with van der Waals surface area (Å²) in [5.41, 5.74) is 1.82. The van der Waals surface area contributed by atoms with Crippen molar-refractivity contribution in [3.63, 3.8) is 0 Å². The van der Waals surface area contributed by atoms with Crippen molar-refractivity contribution in [1.29, 1.82) is 0 Å². The molecular weight excluding hydrogens is 274 g/mol. The fourth-order valence-electron chi connectivity index (χ4n) is 2.80. The summed E-state index contributed by atoms with van der Waals surface area (Å²) in [7, 11) is 2.01. The molecule has 122 valence electrons. The molecular formula is C18H29N3O. The SMILES string of the molecule is CCN(C)/C=N/c1ccc(O[C@H]2CC[C@H](CC)CC2)nc1C. The molecule has 22 heavy (non-hydrogen) atoms. The number of rotatable bonds is 6. The minimum Gasteiger partial charge on any atom is -0.474 e. The van der Waals surface area contributed by atoms with E-state index >= 15 is 0 Å². The Labute approximate surface area is 134 Å². The van der Waals surface area contributed by atoms with Crippen LogP contribution in [0.4, 0.5) is 5.69 Å². The lowest BCUT2D eigenvalue weighted by Crippen LogP contribution is -2.24. The molecule has 4 nitrogen and oxygen atoms in total. The molecule has 1 saturated carbocycles. The number of hydrogen-bond acceptors (Lipinski definition) is 3. The van der Waals surface area contributed by atoms with Crippen molar-refractivity contribution in [2.24, 2.45) is 10.9 Å². The van der Waals surface area contributed by atoms with Crippen LogP contribution in [0.5, 0.6) is 5.88 Å². The fourth-order valence-corrected chi connectivity index (χ4v) is 2.80. The Balaban J connectivity index is 1.93. The summed E-state index contributed by atoms with van der Waals surface area (Å²) in [4.78, 5) is 11.1. The second kappa shape index (κ2) is 8.16. The van der Waals surface area contributed by atoms with Crippen molar-refractivity contribution in [2.45, 2.75) is 59.0 Å². The minimum absolute atomic E-state index is 0.329. The number of aromatic nitrogens is 1. The summed E-state index contributed by atoms with van der Waals surface area (Å²) in [5.74, 6) is 1.63. The highest BCUT2D eigenvalue weighted by atomic mass is 16.5. The van der Waals surface area contributed by atoms with Gasteiger partial charge >= 0.3 is 0 Å². The first kappa shape index (κ1) is 16.8. The van der Waals surface area contributed by atoms with E-state index in [0.717, 1.165) is 42.6 Å². The molecule has 0 amide bonds. The third kappa shape index (κ3) is 4.72. The summed E-state index contributed by atoms with van der Waals surface area (Å²) in [5, 5.41) is 0. The predicted octanol–water partition coefficient (Wildman–Crippen LogP) is 4.35. The van der Waals surface area contributed by atoms with Gasteiger partial charge in [-0.2, -0.15) is 0 Å². The van der Waals surface area contributed by atoms with Crippen LogP contribution in [0.3, 0.4) is 0 Å². The van der Waals surface area contributed by atoms with E-state index in [9.17, 15) is 0 Å². The summed E-state index contributed by atoms with van der Waals surface area (Å²) >= 11 is 0. The van der Waals surface area contributed by atoms with Crippen molar-refractivity contribution in [3.05, 3.63) is 17.8 Å². The molecule has 1 heterocycles. The van der Waals surface area contributed by atoms with Gasteiger partial charge in [-0.05, 0) is 51.5 Å². The van der Waals surface area contributed by atoms with Crippen molar-refractivity contribution in [2.75, 3.05) is 13.6 Å². The van der Waals surface area contributed by atoms with Crippen molar-refractivity contribution < 1.29 is 4.74 Å². The van der Waals surface area contributed by atoms with Gasteiger partial charge in [-0.3, -0.25) is 0 Å². The summed E-state index contributed by atoms with van der Waals surface area (Å²) < 4.78 is 6.06. The first-order valence-corrected chi connectivity index (χ1v) is 8.51. The third-order valence-corrected chi connectivity index (χ3v) is 4.58. The Bertz CT molecular complexity index is 493. The average Bonchev–Trinajstić information content (AvgIpc) is 2.54. The zero-order valence-electron chi connectivity index (χ0n) is 14.4. The molecule has 0 aliphatic heterocycles. The molecule has 1 aromatic rings. The van der Waals surface area contributed by atoms with Gasteiger partial charge in [-0.1, -0.05) is 13.3 Å². The molecule has 0 spiro atoms. The maximum atomic E-state index is 6.06. The predicted molar refractivity (Wildman–Crippen MR) is 92.1 cm³/mol. The van der Waals surface area contributed by atoms with E-state index in [4.69, 9.17) is 4.74 Å².